The van der Waals surface area contributed by atoms with Gasteiger partial charge in [0.05, 0.1) is 4.92 Å². The van der Waals surface area contributed by atoms with E-state index in [9.17, 15) is 10.1 Å². The van der Waals surface area contributed by atoms with E-state index in [0.717, 1.165) is 13.0 Å². The first-order valence-electron chi connectivity index (χ1n) is 7.42. The van der Waals surface area contributed by atoms with Crippen molar-refractivity contribution in [1.29, 1.82) is 0 Å². The molecule has 0 bridgehead atoms. The zero-order chi connectivity index (χ0) is 14.8. The molecule has 20 heavy (non-hydrogen) atoms. The lowest BCUT2D eigenvalue weighted by Gasteiger charge is -2.24. The number of nitro groups is 1. The lowest BCUT2D eigenvalue weighted by molar-refractivity contribution is -0.384. The number of rotatable bonds is 6. The fraction of sp³-hybridized carbons (Fsp3) is 0.786. The van der Waals surface area contributed by atoms with E-state index in [-0.39, 0.29) is 16.0 Å². The van der Waals surface area contributed by atoms with E-state index >= 15 is 0 Å². The number of hydrogen-bond donors (Lipinski definition) is 1. The SMILES string of the molecule is CCCn1nc(C)c([N+](=O)[O-])c1NCC1(C)CCCC1. The summed E-state index contributed by atoms with van der Waals surface area (Å²) < 4.78 is 1.74. The van der Waals surface area contributed by atoms with Gasteiger partial charge in [0.1, 0.15) is 5.69 Å². The molecule has 6 heteroatoms. The second kappa shape index (κ2) is 5.81. The van der Waals surface area contributed by atoms with Gasteiger partial charge in [0.2, 0.25) is 5.82 Å². The van der Waals surface area contributed by atoms with E-state index in [2.05, 4.69) is 17.3 Å². The van der Waals surface area contributed by atoms with Crippen LogP contribution in [0.1, 0.15) is 51.6 Å². The van der Waals surface area contributed by atoms with Crippen molar-refractivity contribution in [1.82, 2.24) is 9.78 Å². The highest BCUT2D eigenvalue weighted by Gasteiger charge is 2.31. The van der Waals surface area contributed by atoms with E-state index < -0.39 is 0 Å². The number of aryl methyl sites for hydroxylation is 2. The molecule has 6 nitrogen and oxygen atoms in total. The van der Waals surface area contributed by atoms with Crippen LogP contribution >= 0.6 is 0 Å². The quantitative estimate of drug-likeness (QED) is 0.639. The first-order chi connectivity index (χ1) is 9.47. The predicted molar refractivity (Wildman–Crippen MR) is 79.0 cm³/mol. The summed E-state index contributed by atoms with van der Waals surface area (Å²) in [6.45, 7) is 7.49. The molecule has 1 aliphatic rings. The van der Waals surface area contributed by atoms with E-state index in [4.69, 9.17) is 0 Å². The van der Waals surface area contributed by atoms with Crippen molar-refractivity contribution in [3.8, 4) is 0 Å². The van der Waals surface area contributed by atoms with Gasteiger partial charge in [0.15, 0.2) is 0 Å². The molecule has 1 N–H and O–H groups in total. The van der Waals surface area contributed by atoms with Crippen LogP contribution < -0.4 is 5.32 Å². The molecule has 1 fully saturated rings. The minimum Gasteiger partial charge on any atom is -0.364 e. The normalized spacial score (nSPS) is 17.4. The summed E-state index contributed by atoms with van der Waals surface area (Å²) in [4.78, 5) is 10.9. The maximum atomic E-state index is 11.2. The van der Waals surface area contributed by atoms with Crippen LogP contribution in [0.3, 0.4) is 0 Å². The van der Waals surface area contributed by atoms with Crippen molar-refractivity contribution in [3.05, 3.63) is 15.8 Å². The molecule has 0 aliphatic heterocycles. The second-order valence-electron chi connectivity index (χ2n) is 6.13. The molecule has 1 aliphatic carbocycles. The molecule has 0 radical (unpaired) electrons. The molecule has 0 amide bonds. The zero-order valence-corrected chi connectivity index (χ0v) is 12.6. The molecule has 0 unspecified atom stereocenters. The maximum absolute atomic E-state index is 11.2. The fourth-order valence-electron chi connectivity index (χ4n) is 3.04. The molecule has 0 spiro atoms. The first-order valence-corrected chi connectivity index (χ1v) is 7.42. The van der Waals surface area contributed by atoms with Crippen LogP contribution in [0.25, 0.3) is 0 Å². The smallest absolute Gasteiger partial charge is 0.333 e. The predicted octanol–water partition coefficient (Wildman–Crippen LogP) is 3.50. The Morgan fingerprint density at radius 1 is 1.45 bits per heavy atom. The van der Waals surface area contributed by atoms with Crippen molar-refractivity contribution in [2.24, 2.45) is 5.41 Å². The molecule has 2 rings (SSSR count). The van der Waals surface area contributed by atoms with Crippen LogP contribution in [-0.4, -0.2) is 21.2 Å². The molecule has 1 aromatic heterocycles. The Morgan fingerprint density at radius 3 is 2.65 bits per heavy atom. The third-order valence-electron chi connectivity index (χ3n) is 4.21. The number of nitrogens with zero attached hydrogens (tertiary/aromatic N) is 3. The molecular weight excluding hydrogens is 256 g/mol. The van der Waals surface area contributed by atoms with Gasteiger partial charge >= 0.3 is 5.69 Å². The monoisotopic (exact) mass is 280 g/mol. The second-order valence-corrected chi connectivity index (χ2v) is 6.13. The summed E-state index contributed by atoms with van der Waals surface area (Å²) >= 11 is 0. The van der Waals surface area contributed by atoms with Gasteiger partial charge < -0.3 is 5.32 Å². The number of anilines is 1. The van der Waals surface area contributed by atoms with Gasteiger partial charge in [-0.1, -0.05) is 26.7 Å². The van der Waals surface area contributed by atoms with Gasteiger partial charge in [-0.3, -0.25) is 10.1 Å². The maximum Gasteiger partial charge on any atom is 0.333 e. The minimum absolute atomic E-state index is 0.125. The molecular formula is C14H24N4O2. The summed E-state index contributed by atoms with van der Waals surface area (Å²) in [5, 5.41) is 18.9. The number of aromatic nitrogens is 2. The Balaban J connectivity index is 2.21. The van der Waals surface area contributed by atoms with Crippen molar-refractivity contribution >= 4 is 11.5 Å². The van der Waals surface area contributed by atoms with Crippen molar-refractivity contribution in [2.45, 2.75) is 59.4 Å². The highest BCUT2D eigenvalue weighted by Crippen LogP contribution is 2.38. The van der Waals surface area contributed by atoms with E-state index in [1.807, 2.05) is 6.92 Å². The average molecular weight is 280 g/mol. The topological polar surface area (TPSA) is 73.0 Å². The number of nitrogens with one attached hydrogen (secondary N) is 1. The highest BCUT2D eigenvalue weighted by atomic mass is 16.6. The van der Waals surface area contributed by atoms with E-state index in [0.29, 0.717) is 18.1 Å². The van der Waals surface area contributed by atoms with Crippen LogP contribution in [0, 0.1) is 22.5 Å². The zero-order valence-electron chi connectivity index (χ0n) is 12.6. The third kappa shape index (κ3) is 2.94. The summed E-state index contributed by atoms with van der Waals surface area (Å²) in [5.74, 6) is 0.572. The number of hydrogen-bond acceptors (Lipinski definition) is 4. The summed E-state index contributed by atoms with van der Waals surface area (Å²) in [6, 6.07) is 0. The van der Waals surface area contributed by atoms with E-state index in [1.165, 1.54) is 25.7 Å². The lowest BCUT2D eigenvalue weighted by atomic mass is 9.89. The van der Waals surface area contributed by atoms with Crippen LogP contribution in [0.15, 0.2) is 0 Å². The minimum atomic E-state index is -0.326. The molecule has 0 atom stereocenters. The largest absolute Gasteiger partial charge is 0.364 e. The average Bonchev–Trinajstić information content (AvgIpc) is 2.92. The van der Waals surface area contributed by atoms with Crippen LogP contribution in [-0.2, 0) is 6.54 Å². The molecule has 0 saturated heterocycles. The van der Waals surface area contributed by atoms with Crippen molar-refractivity contribution in [2.75, 3.05) is 11.9 Å². The fourth-order valence-corrected chi connectivity index (χ4v) is 3.04. The standard InChI is InChI=1S/C14H24N4O2/c1-4-9-17-13(12(18(19)20)11(2)16-17)15-10-14(3)7-5-6-8-14/h15H,4-10H2,1-3H3. The van der Waals surface area contributed by atoms with Gasteiger partial charge in [-0.2, -0.15) is 5.10 Å². The van der Waals surface area contributed by atoms with Gasteiger partial charge in [-0.25, -0.2) is 4.68 Å². The summed E-state index contributed by atoms with van der Waals surface area (Å²) in [6.07, 6.45) is 5.80. The van der Waals surface area contributed by atoms with Crippen LogP contribution in [0.2, 0.25) is 0 Å². The lowest BCUT2D eigenvalue weighted by Crippen LogP contribution is -2.24. The van der Waals surface area contributed by atoms with Gasteiger partial charge in [-0.15, -0.1) is 0 Å². The highest BCUT2D eigenvalue weighted by molar-refractivity contribution is 5.59. The Bertz CT molecular complexity index is 490. The van der Waals surface area contributed by atoms with Crippen LogP contribution in [0.4, 0.5) is 11.5 Å². The van der Waals surface area contributed by atoms with Gasteiger partial charge in [-0.05, 0) is 31.6 Å². The van der Waals surface area contributed by atoms with E-state index in [1.54, 1.807) is 11.6 Å². The van der Waals surface area contributed by atoms with Crippen LogP contribution in [0.5, 0.6) is 0 Å². The van der Waals surface area contributed by atoms with Crippen molar-refractivity contribution in [3.63, 3.8) is 0 Å². The van der Waals surface area contributed by atoms with Gasteiger partial charge in [0.25, 0.3) is 0 Å². The molecule has 112 valence electrons. The Labute approximate surface area is 119 Å². The molecule has 1 aromatic rings. The summed E-state index contributed by atoms with van der Waals surface area (Å²) in [7, 11) is 0. The Hall–Kier alpha value is -1.59. The molecule has 0 aromatic carbocycles. The molecule has 1 heterocycles. The van der Waals surface area contributed by atoms with Crippen molar-refractivity contribution < 1.29 is 4.92 Å². The Kier molecular flexibility index (Phi) is 4.30. The summed E-state index contributed by atoms with van der Waals surface area (Å²) in [5.41, 5.74) is 0.867. The van der Waals surface area contributed by atoms with Gasteiger partial charge in [0, 0.05) is 13.1 Å². The Morgan fingerprint density at radius 2 is 2.10 bits per heavy atom. The third-order valence-corrected chi connectivity index (χ3v) is 4.21. The molecule has 1 saturated carbocycles. The first kappa shape index (κ1) is 14.8.